The second-order valence-electron chi connectivity index (χ2n) is 4.04. The van der Waals surface area contributed by atoms with Crippen molar-refractivity contribution in [2.75, 3.05) is 0 Å². The molecule has 2 heteroatoms. The maximum Gasteiger partial charge on any atom is 0.173 e. The van der Waals surface area contributed by atoms with Crippen LogP contribution in [0, 0.1) is 11.3 Å². The lowest BCUT2D eigenvalue weighted by atomic mass is 10.1. The summed E-state index contributed by atoms with van der Waals surface area (Å²) in [7, 11) is 0. The average Bonchev–Trinajstić information content (AvgIpc) is 2.40. The van der Waals surface area contributed by atoms with E-state index < -0.39 is 0 Å². The van der Waals surface area contributed by atoms with E-state index in [9.17, 15) is 0 Å². The molecule has 2 aromatic rings. The summed E-state index contributed by atoms with van der Waals surface area (Å²) >= 11 is 0. The molecule has 0 saturated heterocycles. The van der Waals surface area contributed by atoms with Gasteiger partial charge in [0.25, 0.3) is 0 Å². The fraction of sp³-hybridized carbons (Fsp3) is 0.200. The van der Waals surface area contributed by atoms with Crippen molar-refractivity contribution in [3.05, 3.63) is 65.5 Å². The molecule has 1 aromatic heterocycles. The SMILES string of the molecule is CCc1cc[n+](Cc2ccc(C#N)cc2)cc1. The number of rotatable bonds is 3. The molecule has 0 amide bonds. The van der Waals surface area contributed by atoms with E-state index in [0.29, 0.717) is 5.56 Å². The summed E-state index contributed by atoms with van der Waals surface area (Å²) in [6.45, 7) is 3.00. The minimum atomic E-state index is 0.708. The zero-order valence-electron chi connectivity index (χ0n) is 9.93. The van der Waals surface area contributed by atoms with Crippen LogP contribution in [0.25, 0.3) is 0 Å². The summed E-state index contributed by atoms with van der Waals surface area (Å²) in [5.74, 6) is 0. The van der Waals surface area contributed by atoms with Crippen molar-refractivity contribution in [1.29, 1.82) is 5.26 Å². The van der Waals surface area contributed by atoms with Gasteiger partial charge >= 0.3 is 0 Å². The highest BCUT2D eigenvalue weighted by Gasteiger charge is 2.02. The third-order valence-electron chi connectivity index (χ3n) is 2.82. The highest BCUT2D eigenvalue weighted by atomic mass is 14.9. The molecule has 2 nitrogen and oxygen atoms in total. The molecule has 0 aliphatic heterocycles. The van der Waals surface area contributed by atoms with E-state index >= 15 is 0 Å². The Hall–Kier alpha value is -2.14. The summed E-state index contributed by atoms with van der Waals surface area (Å²) < 4.78 is 2.14. The molecule has 1 heterocycles. The van der Waals surface area contributed by atoms with Crippen molar-refractivity contribution in [3.63, 3.8) is 0 Å². The first-order valence-electron chi connectivity index (χ1n) is 5.79. The van der Waals surface area contributed by atoms with Gasteiger partial charge in [0.2, 0.25) is 0 Å². The number of nitrogens with zero attached hydrogens (tertiary/aromatic N) is 2. The van der Waals surface area contributed by atoms with Crippen molar-refractivity contribution in [2.45, 2.75) is 19.9 Å². The minimum absolute atomic E-state index is 0.708. The van der Waals surface area contributed by atoms with Crippen LogP contribution >= 0.6 is 0 Å². The predicted molar refractivity (Wildman–Crippen MR) is 66.3 cm³/mol. The second-order valence-corrected chi connectivity index (χ2v) is 4.04. The van der Waals surface area contributed by atoms with Gasteiger partial charge in [-0.25, -0.2) is 4.57 Å². The Bertz CT molecular complexity index is 518. The van der Waals surface area contributed by atoms with Crippen molar-refractivity contribution < 1.29 is 4.57 Å². The minimum Gasteiger partial charge on any atom is -0.201 e. The van der Waals surface area contributed by atoms with E-state index in [0.717, 1.165) is 13.0 Å². The lowest BCUT2D eigenvalue weighted by Gasteiger charge is -1.99. The molecule has 0 aliphatic carbocycles. The Balaban J connectivity index is 2.11. The molecule has 0 atom stereocenters. The third-order valence-corrected chi connectivity index (χ3v) is 2.82. The Labute approximate surface area is 102 Å². The monoisotopic (exact) mass is 223 g/mol. The smallest absolute Gasteiger partial charge is 0.173 e. The number of aryl methyl sites for hydroxylation is 1. The van der Waals surface area contributed by atoms with Crippen LogP contribution in [0.3, 0.4) is 0 Å². The molecule has 0 bridgehead atoms. The molecule has 0 radical (unpaired) electrons. The Morgan fingerprint density at radius 1 is 1.00 bits per heavy atom. The summed E-state index contributed by atoms with van der Waals surface area (Å²) in [4.78, 5) is 0. The van der Waals surface area contributed by atoms with Crippen molar-refractivity contribution >= 4 is 0 Å². The van der Waals surface area contributed by atoms with Gasteiger partial charge in [0.05, 0.1) is 11.6 Å². The molecular formula is C15H15N2+. The fourth-order valence-corrected chi connectivity index (χ4v) is 1.72. The topological polar surface area (TPSA) is 27.7 Å². The number of nitriles is 1. The van der Waals surface area contributed by atoms with E-state index in [1.165, 1.54) is 11.1 Å². The number of hydrogen-bond acceptors (Lipinski definition) is 1. The van der Waals surface area contributed by atoms with E-state index in [4.69, 9.17) is 5.26 Å². The molecule has 0 aliphatic rings. The van der Waals surface area contributed by atoms with Crippen LogP contribution in [0.1, 0.15) is 23.6 Å². The molecule has 17 heavy (non-hydrogen) atoms. The third kappa shape index (κ3) is 2.92. The van der Waals surface area contributed by atoms with Crippen LogP contribution in [0.2, 0.25) is 0 Å². The zero-order chi connectivity index (χ0) is 12.1. The maximum atomic E-state index is 8.72. The van der Waals surface area contributed by atoms with Crippen molar-refractivity contribution in [2.24, 2.45) is 0 Å². The highest BCUT2D eigenvalue weighted by molar-refractivity contribution is 5.31. The van der Waals surface area contributed by atoms with Crippen LogP contribution < -0.4 is 4.57 Å². The molecule has 0 spiro atoms. The molecule has 2 rings (SSSR count). The van der Waals surface area contributed by atoms with Gasteiger partial charge in [-0.3, -0.25) is 0 Å². The van der Waals surface area contributed by atoms with Gasteiger partial charge in [-0.05, 0) is 24.1 Å². The summed E-state index contributed by atoms with van der Waals surface area (Å²) in [6.07, 6.45) is 5.26. The first-order chi connectivity index (χ1) is 8.31. The standard InChI is InChI=1S/C15H15N2/c1-2-13-7-9-17(10-8-13)12-15-5-3-14(11-16)4-6-15/h3-10H,2,12H2,1H3/q+1. The first kappa shape index (κ1) is 11.3. The molecule has 0 fully saturated rings. The van der Waals surface area contributed by atoms with Gasteiger partial charge in [0.1, 0.15) is 0 Å². The summed E-state index contributed by atoms with van der Waals surface area (Å²) in [6, 6.07) is 14.1. The van der Waals surface area contributed by atoms with Gasteiger partial charge in [0.15, 0.2) is 18.9 Å². The largest absolute Gasteiger partial charge is 0.201 e. The van der Waals surface area contributed by atoms with Gasteiger partial charge < -0.3 is 0 Å². The van der Waals surface area contributed by atoms with Gasteiger partial charge in [-0.1, -0.05) is 19.1 Å². The Morgan fingerprint density at radius 3 is 2.18 bits per heavy atom. The Kier molecular flexibility index (Phi) is 3.52. The van der Waals surface area contributed by atoms with Gasteiger partial charge in [-0.15, -0.1) is 0 Å². The maximum absolute atomic E-state index is 8.72. The molecule has 1 aromatic carbocycles. The number of hydrogen-bond donors (Lipinski definition) is 0. The van der Waals surface area contributed by atoms with Gasteiger partial charge in [-0.2, -0.15) is 5.26 Å². The van der Waals surface area contributed by atoms with Crippen molar-refractivity contribution in [1.82, 2.24) is 0 Å². The quantitative estimate of drug-likeness (QED) is 0.734. The van der Waals surface area contributed by atoms with E-state index in [1.807, 2.05) is 24.3 Å². The van der Waals surface area contributed by atoms with E-state index in [-0.39, 0.29) is 0 Å². The fourth-order valence-electron chi connectivity index (χ4n) is 1.72. The van der Waals surface area contributed by atoms with Gasteiger partial charge in [0, 0.05) is 17.7 Å². The number of aromatic nitrogens is 1. The predicted octanol–water partition coefficient (Wildman–Crippen LogP) is 2.46. The zero-order valence-corrected chi connectivity index (χ0v) is 9.93. The highest BCUT2D eigenvalue weighted by Crippen LogP contribution is 2.03. The van der Waals surface area contributed by atoms with Crippen LogP contribution in [0.4, 0.5) is 0 Å². The number of pyridine rings is 1. The Morgan fingerprint density at radius 2 is 1.65 bits per heavy atom. The van der Waals surface area contributed by atoms with Crippen LogP contribution in [0.5, 0.6) is 0 Å². The van der Waals surface area contributed by atoms with E-state index in [1.54, 1.807) is 0 Å². The lowest BCUT2D eigenvalue weighted by molar-refractivity contribution is -0.688. The molecule has 84 valence electrons. The molecular weight excluding hydrogens is 208 g/mol. The van der Waals surface area contributed by atoms with Crippen LogP contribution in [-0.2, 0) is 13.0 Å². The van der Waals surface area contributed by atoms with Crippen molar-refractivity contribution in [3.8, 4) is 6.07 Å². The average molecular weight is 223 g/mol. The molecule has 0 unspecified atom stereocenters. The molecule has 0 saturated carbocycles. The van der Waals surface area contributed by atoms with Crippen LogP contribution in [0.15, 0.2) is 48.8 Å². The lowest BCUT2D eigenvalue weighted by Crippen LogP contribution is -2.33. The second kappa shape index (κ2) is 5.27. The summed E-state index contributed by atoms with van der Waals surface area (Å²) in [5, 5.41) is 8.72. The van der Waals surface area contributed by atoms with Crippen LogP contribution in [-0.4, -0.2) is 0 Å². The number of benzene rings is 1. The molecule has 0 N–H and O–H groups in total. The summed E-state index contributed by atoms with van der Waals surface area (Å²) in [5.41, 5.74) is 3.26. The normalized spacial score (nSPS) is 9.88. The first-order valence-corrected chi connectivity index (χ1v) is 5.79. The van der Waals surface area contributed by atoms with E-state index in [2.05, 4.69) is 42.1 Å².